The van der Waals surface area contributed by atoms with Gasteiger partial charge in [-0.05, 0) is 43.0 Å². The summed E-state index contributed by atoms with van der Waals surface area (Å²) in [6.07, 6.45) is 1.42. The largest absolute Gasteiger partial charge is 0.449 e. The smallest absolute Gasteiger partial charge is 0.427 e. The highest BCUT2D eigenvalue weighted by molar-refractivity contribution is 7.97. The van der Waals surface area contributed by atoms with Gasteiger partial charge < -0.3 is 4.74 Å². The Balaban J connectivity index is 2.32. The van der Waals surface area contributed by atoms with E-state index >= 15 is 0 Å². The highest BCUT2D eigenvalue weighted by Gasteiger charge is 2.09. The molecule has 0 aliphatic carbocycles. The van der Waals surface area contributed by atoms with Gasteiger partial charge >= 0.3 is 6.09 Å². The van der Waals surface area contributed by atoms with E-state index in [-0.39, 0.29) is 12.4 Å². The number of carbonyl (C=O) groups excluding carboxylic acids is 1. The van der Waals surface area contributed by atoms with Crippen molar-refractivity contribution >= 4 is 23.6 Å². The first-order valence-electron chi connectivity index (χ1n) is 7.48. The third-order valence-electron chi connectivity index (χ3n) is 3.19. The van der Waals surface area contributed by atoms with Gasteiger partial charge in [-0.3, -0.25) is 0 Å². The fourth-order valence-electron chi connectivity index (χ4n) is 2.09. The zero-order valence-electron chi connectivity index (χ0n) is 13.6. The standard InChI is InChI=1S/C18H19FN2O2S/c1-3-23-18(22)21-20-17(15-8-10-16(19)11-9-15)14-6-4-13(5-7-14)12-24-2/h4-11H,3,12H2,1-2H3,(H,21,22). The van der Waals surface area contributed by atoms with Gasteiger partial charge in [0.1, 0.15) is 5.82 Å². The quantitative estimate of drug-likeness (QED) is 0.630. The average molecular weight is 346 g/mol. The summed E-state index contributed by atoms with van der Waals surface area (Å²) in [6.45, 7) is 1.98. The molecule has 0 heterocycles. The fourth-order valence-corrected chi connectivity index (χ4v) is 2.62. The van der Waals surface area contributed by atoms with Crippen LogP contribution in [0.2, 0.25) is 0 Å². The molecule has 24 heavy (non-hydrogen) atoms. The molecule has 0 unspecified atom stereocenters. The molecule has 0 radical (unpaired) electrons. The molecule has 2 aromatic carbocycles. The lowest BCUT2D eigenvalue weighted by atomic mass is 10.0. The molecule has 0 aliphatic heterocycles. The topological polar surface area (TPSA) is 50.7 Å². The van der Waals surface area contributed by atoms with Crippen LogP contribution in [-0.2, 0) is 10.5 Å². The number of halogens is 1. The molecule has 0 aliphatic rings. The van der Waals surface area contributed by atoms with Gasteiger partial charge in [-0.1, -0.05) is 24.3 Å². The second-order valence-corrected chi connectivity index (χ2v) is 5.80. The number of benzene rings is 2. The van der Waals surface area contributed by atoms with Gasteiger partial charge in [0.05, 0.1) is 12.3 Å². The number of hydrogen-bond donors (Lipinski definition) is 1. The number of hydrazone groups is 1. The van der Waals surface area contributed by atoms with Crippen LogP contribution in [0.4, 0.5) is 9.18 Å². The van der Waals surface area contributed by atoms with Gasteiger partial charge in [-0.2, -0.15) is 16.9 Å². The predicted molar refractivity (Wildman–Crippen MR) is 95.9 cm³/mol. The SMILES string of the molecule is CCOC(=O)NN=C(c1ccc(F)cc1)c1ccc(CSC)cc1. The van der Waals surface area contributed by atoms with Crippen molar-refractivity contribution in [2.24, 2.45) is 5.10 Å². The Hall–Kier alpha value is -2.34. The minimum Gasteiger partial charge on any atom is -0.449 e. The predicted octanol–water partition coefficient (Wildman–Crippen LogP) is 4.19. The zero-order valence-corrected chi connectivity index (χ0v) is 14.4. The van der Waals surface area contributed by atoms with Crippen molar-refractivity contribution in [2.45, 2.75) is 12.7 Å². The number of ether oxygens (including phenoxy) is 1. The Labute approximate surface area is 145 Å². The summed E-state index contributed by atoms with van der Waals surface area (Å²) in [7, 11) is 0. The van der Waals surface area contributed by atoms with Crippen LogP contribution in [0.5, 0.6) is 0 Å². The first-order valence-corrected chi connectivity index (χ1v) is 8.88. The van der Waals surface area contributed by atoms with Gasteiger partial charge in [-0.25, -0.2) is 14.6 Å². The van der Waals surface area contributed by atoms with Gasteiger partial charge in [0.15, 0.2) is 0 Å². The van der Waals surface area contributed by atoms with Crippen molar-refractivity contribution in [2.75, 3.05) is 12.9 Å². The van der Waals surface area contributed by atoms with E-state index in [9.17, 15) is 9.18 Å². The van der Waals surface area contributed by atoms with Crippen LogP contribution in [0.1, 0.15) is 23.6 Å². The number of carbonyl (C=O) groups is 1. The minimum atomic E-state index is -0.629. The maximum Gasteiger partial charge on any atom is 0.427 e. The van der Waals surface area contributed by atoms with E-state index in [1.807, 2.05) is 30.5 Å². The normalized spacial score (nSPS) is 11.2. The number of nitrogens with one attached hydrogen (secondary N) is 1. The van der Waals surface area contributed by atoms with Gasteiger partial charge in [-0.15, -0.1) is 0 Å². The third-order valence-corrected chi connectivity index (χ3v) is 3.81. The van der Waals surface area contributed by atoms with Crippen LogP contribution >= 0.6 is 11.8 Å². The number of rotatable bonds is 6. The van der Waals surface area contributed by atoms with E-state index in [1.54, 1.807) is 30.8 Å². The van der Waals surface area contributed by atoms with E-state index in [0.717, 1.165) is 11.3 Å². The monoisotopic (exact) mass is 346 g/mol. The van der Waals surface area contributed by atoms with Crippen LogP contribution in [0.15, 0.2) is 53.6 Å². The van der Waals surface area contributed by atoms with Crippen molar-refractivity contribution in [3.63, 3.8) is 0 Å². The van der Waals surface area contributed by atoms with Crippen molar-refractivity contribution in [3.05, 3.63) is 71.0 Å². The summed E-state index contributed by atoms with van der Waals surface area (Å²) in [6, 6.07) is 13.8. The van der Waals surface area contributed by atoms with E-state index in [0.29, 0.717) is 11.3 Å². The molecule has 1 amide bonds. The lowest BCUT2D eigenvalue weighted by molar-refractivity contribution is 0.152. The lowest BCUT2D eigenvalue weighted by Gasteiger charge is -2.09. The lowest BCUT2D eigenvalue weighted by Crippen LogP contribution is -2.21. The molecule has 4 nitrogen and oxygen atoms in total. The Bertz CT molecular complexity index is 700. The Morgan fingerprint density at radius 1 is 1.12 bits per heavy atom. The summed E-state index contributed by atoms with van der Waals surface area (Å²) in [5, 5.41) is 4.15. The zero-order chi connectivity index (χ0) is 17.4. The van der Waals surface area contributed by atoms with E-state index < -0.39 is 6.09 Å². The van der Waals surface area contributed by atoms with Crippen molar-refractivity contribution < 1.29 is 13.9 Å². The number of nitrogens with zero attached hydrogens (tertiary/aromatic N) is 1. The maximum atomic E-state index is 13.2. The van der Waals surface area contributed by atoms with Crippen molar-refractivity contribution in [1.29, 1.82) is 0 Å². The number of thioether (sulfide) groups is 1. The molecular formula is C18H19FN2O2S. The molecule has 126 valence electrons. The highest BCUT2D eigenvalue weighted by atomic mass is 32.2. The average Bonchev–Trinajstić information content (AvgIpc) is 2.58. The molecule has 0 aromatic heterocycles. The third kappa shape index (κ3) is 5.09. The highest BCUT2D eigenvalue weighted by Crippen LogP contribution is 2.15. The molecule has 2 rings (SSSR count). The molecular weight excluding hydrogens is 327 g/mol. The molecule has 0 bridgehead atoms. The summed E-state index contributed by atoms with van der Waals surface area (Å²) >= 11 is 1.74. The van der Waals surface area contributed by atoms with Crippen LogP contribution < -0.4 is 5.43 Å². The summed E-state index contributed by atoms with van der Waals surface area (Å²) in [4.78, 5) is 11.5. The molecule has 0 atom stereocenters. The Morgan fingerprint density at radius 3 is 2.25 bits per heavy atom. The summed E-state index contributed by atoms with van der Waals surface area (Å²) < 4.78 is 18.0. The van der Waals surface area contributed by atoms with Crippen LogP contribution in [-0.4, -0.2) is 24.7 Å². The molecule has 0 fully saturated rings. The van der Waals surface area contributed by atoms with Crippen LogP contribution in [0, 0.1) is 5.82 Å². The van der Waals surface area contributed by atoms with Crippen molar-refractivity contribution in [1.82, 2.24) is 5.43 Å². The molecule has 2 aromatic rings. The van der Waals surface area contributed by atoms with Crippen molar-refractivity contribution in [3.8, 4) is 0 Å². The van der Waals surface area contributed by atoms with E-state index in [2.05, 4.69) is 10.5 Å². The van der Waals surface area contributed by atoms with E-state index in [1.165, 1.54) is 17.7 Å². The first-order chi connectivity index (χ1) is 11.6. The van der Waals surface area contributed by atoms with Gasteiger partial charge in [0, 0.05) is 16.9 Å². The number of hydrogen-bond acceptors (Lipinski definition) is 4. The molecule has 0 spiro atoms. The Morgan fingerprint density at radius 2 is 1.71 bits per heavy atom. The second kappa shape index (κ2) is 9.08. The van der Waals surface area contributed by atoms with Gasteiger partial charge in [0.25, 0.3) is 0 Å². The maximum absolute atomic E-state index is 13.2. The molecule has 0 saturated heterocycles. The first kappa shape index (κ1) is 18.0. The fraction of sp³-hybridized carbons (Fsp3) is 0.222. The molecule has 6 heteroatoms. The second-order valence-electron chi connectivity index (χ2n) is 4.93. The summed E-state index contributed by atoms with van der Waals surface area (Å²) in [5.74, 6) is 0.594. The molecule has 0 saturated carbocycles. The molecule has 1 N–H and O–H groups in total. The van der Waals surface area contributed by atoms with Crippen LogP contribution in [0.3, 0.4) is 0 Å². The van der Waals surface area contributed by atoms with Gasteiger partial charge in [0.2, 0.25) is 0 Å². The number of amides is 1. The minimum absolute atomic E-state index is 0.261. The van der Waals surface area contributed by atoms with E-state index in [4.69, 9.17) is 4.74 Å². The summed E-state index contributed by atoms with van der Waals surface area (Å²) in [5.41, 5.74) is 5.62. The van der Waals surface area contributed by atoms with Crippen LogP contribution in [0.25, 0.3) is 0 Å². The Kier molecular flexibility index (Phi) is 6.81.